The van der Waals surface area contributed by atoms with Crippen molar-refractivity contribution in [2.24, 2.45) is 0 Å². The number of sulfonamides is 1. The Hall–Kier alpha value is -2.43. The van der Waals surface area contributed by atoms with Crippen molar-refractivity contribution in [2.45, 2.75) is 17.5 Å². The van der Waals surface area contributed by atoms with Gasteiger partial charge in [-0.05, 0) is 36.2 Å². The largest absolute Gasteiger partial charge is 0.416 e. The van der Waals surface area contributed by atoms with Crippen molar-refractivity contribution < 1.29 is 26.4 Å². The number of nitrogens with one attached hydrogen (secondary N) is 1. The Morgan fingerprint density at radius 1 is 0.935 bits per heavy atom. The van der Waals surface area contributed by atoms with Crippen LogP contribution >= 0.6 is 0 Å². The maximum atomic E-state index is 12.7. The van der Waals surface area contributed by atoms with Crippen LogP contribution < -0.4 is 5.32 Å². The molecule has 0 atom stereocenters. The third-order valence-electron chi connectivity index (χ3n) is 5.10. The first-order chi connectivity index (χ1) is 14.7. The molecule has 1 saturated heterocycles. The second kappa shape index (κ2) is 9.80. The predicted octanol–water partition coefficient (Wildman–Crippen LogP) is 2.37. The number of rotatable bonds is 7. The molecule has 1 aliphatic rings. The third-order valence-corrected chi connectivity index (χ3v) is 7.01. The molecule has 0 aliphatic carbocycles. The summed E-state index contributed by atoms with van der Waals surface area (Å²) >= 11 is 0. The summed E-state index contributed by atoms with van der Waals surface area (Å²) in [5.41, 5.74) is 0.236. The molecule has 168 valence electrons. The number of hydrogen-bond acceptors (Lipinski definition) is 4. The van der Waals surface area contributed by atoms with Crippen LogP contribution in [0.5, 0.6) is 0 Å². The third kappa shape index (κ3) is 6.28. The number of halogens is 3. The highest BCUT2D eigenvalue weighted by atomic mass is 32.2. The summed E-state index contributed by atoms with van der Waals surface area (Å²) in [6.07, 6.45) is -3.79. The molecule has 1 fully saturated rings. The van der Waals surface area contributed by atoms with Crippen LogP contribution in [0.15, 0.2) is 59.5 Å². The van der Waals surface area contributed by atoms with Gasteiger partial charge in [-0.2, -0.15) is 17.5 Å². The highest BCUT2D eigenvalue weighted by Gasteiger charge is 2.32. The van der Waals surface area contributed by atoms with Crippen LogP contribution in [-0.4, -0.2) is 62.8 Å². The van der Waals surface area contributed by atoms with E-state index in [0.717, 1.165) is 36.2 Å². The fourth-order valence-corrected chi connectivity index (χ4v) is 4.77. The lowest BCUT2D eigenvalue weighted by Gasteiger charge is -2.33. The van der Waals surface area contributed by atoms with Crippen molar-refractivity contribution in [2.75, 3.05) is 39.3 Å². The Bertz CT molecular complexity index is 972. The van der Waals surface area contributed by atoms with Gasteiger partial charge in [-0.3, -0.25) is 9.69 Å². The van der Waals surface area contributed by atoms with Crippen LogP contribution in [0.4, 0.5) is 13.2 Å². The Balaban J connectivity index is 1.46. The molecule has 1 N–H and O–H groups in total. The zero-order chi connectivity index (χ0) is 22.5. The van der Waals surface area contributed by atoms with Gasteiger partial charge in [-0.15, -0.1) is 0 Å². The molecular weight excluding hydrogens is 431 g/mol. The van der Waals surface area contributed by atoms with E-state index in [9.17, 15) is 26.4 Å². The highest BCUT2D eigenvalue weighted by molar-refractivity contribution is 7.89. The summed E-state index contributed by atoms with van der Waals surface area (Å²) in [5, 5.41) is 2.86. The molecule has 0 saturated carbocycles. The monoisotopic (exact) mass is 455 g/mol. The molecule has 1 amide bonds. The van der Waals surface area contributed by atoms with E-state index in [1.54, 1.807) is 0 Å². The van der Waals surface area contributed by atoms with E-state index < -0.39 is 21.8 Å². The molecule has 1 aliphatic heterocycles. The number of alkyl halides is 3. The average Bonchev–Trinajstić information content (AvgIpc) is 2.74. The Morgan fingerprint density at radius 3 is 2.13 bits per heavy atom. The SMILES string of the molecule is O=C(CN1CCN(S(=O)(=O)c2ccc(C(F)(F)F)cc2)CC1)NCCc1ccccc1. The molecule has 0 spiro atoms. The van der Waals surface area contributed by atoms with Gasteiger partial charge >= 0.3 is 6.18 Å². The number of hydrogen-bond donors (Lipinski definition) is 1. The summed E-state index contributed by atoms with van der Waals surface area (Å²) in [6, 6.07) is 13.3. The van der Waals surface area contributed by atoms with Crippen LogP contribution in [-0.2, 0) is 27.4 Å². The van der Waals surface area contributed by atoms with E-state index in [-0.39, 0.29) is 30.4 Å². The number of carbonyl (C=O) groups is 1. The quantitative estimate of drug-likeness (QED) is 0.696. The van der Waals surface area contributed by atoms with Gasteiger partial charge in [0, 0.05) is 32.7 Å². The molecular formula is C21H24F3N3O3S. The van der Waals surface area contributed by atoms with E-state index in [2.05, 4.69) is 5.32 Å². The van der Waals surface area contributed by atoms with E-state index in [1.807, 2.05) is 35.2 Å². The zero-order valence-electron chi connectivity index (χ0n) is 16.8. The van der Waals surface area contributed by atoms with Gasteiger partial charge < -0.3 is 5.32 Å². The van der Waals surface area contributed by atoms with Crippen molar-refractivity contribution in [1.29, 1.82) is 0 Å². The Kier molecular flexibility index (Phi) is 7.34. The van der Waals surface area contributed by atoms with E-state index >= 15 is 0 Å². The molecule has 0 aromatic heterocycles. The van der Waals surface area contributed by atoms with Gasteiger partial charge in [-0.1, -0.05) is 30.3 Å². The first kappa shape index (κ1) is 23.2. The first-order valence-corrected chi connectivity index (χ1v) is 11.3. The van der Waals surface area contributed by atoms with Crippen molar-refractivity contribution in [1.82, 2.24) is 14.5 Å². The molecule has 1 heterocycles. The topological polar surface area (TPSA) is 69.7 Å². The molecule has 31 heavy (non-hydrogen) atoms. The van der Waals surface area contributed by atoms with Crippen molar-refractivity contribution >= 4 is 15.9 Å². The molecule has 0 bridgehead atoms. The standard InChI is InChI=1S/C21H24F3N3O3S/c22-21(23,24)18-6-8-19(9-7-18)31(29,30)27-14-12-26(13-15-27)16-20(28)25-11-10-17-4-2-1-3-5-17/h1-9H,10-16H2,(H,25,28). The molecule has 2 aromatic rings. The fraction of sp³-hybridized carbons (Fsp3) is 0.381. The van der Waals surface area contributed by atoms with Gasteiger partial charge in [-0.25, -0.2) is 8.42 Å². The van der Waals surface area contributed by atoms with Gasteiger partial charge in [0.2, 0.25) is 15.9 Å². The van der Waals surface area contributed by atoms with Gasteiger partial charge in [0.25, 0.3) is 0 Å². The fourth-order valence-electron chi connectivity index (χ4n) is 3.34. The lowest BCUT2D eigenvalue weighted by Crippen LogP contribution is -2.51. The summed E-state index contributed by atoms with van der Waals surface area (Å²) in [4.78, 5) is 13.8. The second-order valence-corrected chi connectivity index (χ2v) is 9.23. The van der Waals surface area contributed by atoms with Crippen LogP contribution in [0, 0.1) is 0 Å². The van der Waals surface area contributed by atoms with Crippen molar-refractivity contribution in [3.8, 4) is 0 Å². The van der Waals surface area contributed by atoms with E-state index in [0.29, 0.717) is 19.6 Å². The molecule has 3 rings (SSSR count). The van der Waals surface area contributed by atoms with Crippen LogP contribution in [0.2, 0.25) is 0 Å². The normalized spacial score (nSPS) is 16.2. The van der Waals surface area contributed by atoms with E-state index in [1.165, 1.54) is 4.31 Å². The molecule has 0 radical (unpaired) electrons. The smallest absolute Gasteiger partial charge is 0.355 e. The molecule has 2 aromatic carbocycles. The van der Waals surface area contributed by atoms with Crippen molar-refractivity contribution in [3.63, 3.8) is 0 Å². The molecule has 6 nitrogen and oxygen atoms in total. The summed E-state index contributed by atoms with van der Waals surface area (Å²) < 4.78 is 64.7. The van der Waals surface area contributed by atoms with Gasteiger partial charge in [0.15, 0.2) is 0 Å². The predicted molar refractivity (Wildman–Crippen MR) is 110 cm³/mol. The van der Waals surface area contributed by atoms with Crippen LogP contribution in [0.25, 0.3) is 0 Å². The average molecular weight is 456 g/mol. The lowest BCUT2D eigenvalue weighted by atomic mass is 10.1. The van der Waals surface area contributed by atoms with Gasteiger partial charge in [0.1, 0.15) is 0 Å². The van der Waals surface area contributed by atoms with Crippen molar-refractivity contribution in [3.05, 3.63) is 65.7 Å². The minimum atomic E-state index is -4.52. The summed E-state index contributed by atoms with van der Waals surface area (Å²) in [7, 11) is -3.88. The molecule has 10 heteroatoms. The lowest BCUT2D eigenvalue weighted by molar-refractivity contribution is -0.137. The first-order valence-electron chi connectivity index (χ1n) is 9.86. The summed E-state index contributed by atoms with van der Waals surface area (Å²) in [5.74, 6) is -0.130. The maximum Gasteiger partial charge on any atom is 0.416 e. The Labute approximate surface area is 179 Å². The van der Waals surface area contributed by atoms with Crippen LogP contribution in [0.1, 0.15) is 11.1 Å². The number of nitrogens with zero attached hydrogens (tertiary/aromatic N) is 2. The summed E-state index contributed by atoms with van der Waals surface area (Å²) in [6.45, 7) is 1.76. The molecule has 0 unspecified atom stereocenters. The number of benzene rings is 2. The Morgan fingerprint density at radius 2 is 1.55 bits per heavy atom. The number of carbonyl (C=O) groups excluding carboxylic acids is 1. The minimum Gasteiger partial charge on any atom is -0.355 e. The minimum absolute atomic E-state index is 0.130. The highest BCUT2D eigenvalue weighted by Crippen LogP contribution is 2.30. The van der Waals surface area contributed by atoms with Crippen LogP contribution in [0.3, 0.4) is 0 Å². The van der Waals surface area contributed by atoms with Gasteiger partial charge in [0.05, 0.1) is 17.0 Å². The second-order valence-electron chi connectivity index (χ2n) is 7.29. The zero-order valence-corrected chi connectivity index (χ0v) is 17.6. The number of piperazine rings is 1. The maximum absolute atomic E-state index is 12.7. The number of amides is 1. The van der Waals surface area contributed by atoms with E-state index in [4.69, 9.17) is 0 Å².